The minimum absolute atomic E-state index is 0.0445. The molecule has 0 aromatic rings. The summed E-state index contributed by atoms with van der Waals surface area (Å²) in [5, 5.41) is 0. The fourth-order valence-electron chi connectivity index (χ4n) is 7.23. The summed E-state index contributed by atoms with van der Waals surface area (Å²) in [6, 6.07) is 0. The fourth-order valence-corrected chi connectivity index (χ4v) is 7.23. The lowest BCUT2D eigenvalue weighted by molar-refractivity contribution is -0.148. The third-order valence-electron chi connectivity index (χ3n) is 8.15. The maximum absolute atomic E-state index is 13.0. The van der Waals surface area contributed by atoms with E-state index in [0.29, 0.717) is 36.0 Å². The maximum Gasteiger partial charge on any atom is 0.303 e. The van der Waals surface area contributed by atoms with Gasteiger partial charge in [0.25, 0.3) is 0 Å². The number of fused-ring (bicyclic) bond motifs is 5. The zero-order chi connectivity index (χ0) is 20.2. The highest BCUT2D eigenvalue weighted by Gasteiger charge is 2.58. The molecule has 2 fully saturated rings. The van der Waals surface area contributed by atoms with Gasteiger partial charge in [-0.05, 0) is 60.8 Å². The lowest BCUT2D eigenvalue weighted by atomic mass is 9.54. The monoisotopic (exact) mass is 384 g/mol. The Bertz CT molecular complexity index is 775. The Morgan fingerprint density at radius 3 is 2.71 bits per heavy atom. The Kier molecular flexibility index (Phi) is 4.87. The molecule has 0 spiro atoms. The van der Waals surface area contributed by atoms with E-state index in [9.17, 15) is 14.4 Å². The van der Waals surface area contributed by atoms with Crippen molar-refractivity contribution in [2.75, 3.05) is 6.61 Å². The van der Waals surface area contributed by atoms with Crippen molar-refractivity contribution in [3.8, 4) is 0 Å². The van der Waals surface area contributed by atoms with Crippen molar-refractivity contribution < 1.29 is 19.1 Å². The first-order valence-electron chi connectivity index (χ1n) is 10.8. The molecule has 4 aliphatic carbocycles. The number of ketones is 2. The van der Waals surface area contributed by atoms with Crippen LogP contribution < -0.4 is 0 Å². The van der Waals surface area contributed by atoms with Crippen molar-refractivity contribution in [2.24, 2.45) is 40.9 Å². The standard InChI is InChI=1S/C24H32O4/c1-13-9-17(26)11-16-5-6-18-19(22(13)16)7-8-24(4)20(18)10-14(2)23(24)21(27)12-28-15(3)25/h7,11,13-14,18,20,22-23H,5-6,8-10,12H2,1-4H3/t13?,14-,18?,20?,22-,23+,24-/m0/s1. The third-order valence-corrected chi connectivity index (χ3v) is 8.15. The number of hydrogen-bond acceptors (Lipinski definition) is 4. The molecule has 0 saturated heterocycles. The van der Waals surface area contributed by atoms with E-state index in [4.69, 9.17) is 4.74 Å². The van der Waals surface area contributed by atoms with E-state index >= 15 is 0 Å². The predicted molar refractivity (Wildman–Crippen MR) is 106 cm³/mol. The van der Waals surface area contributed by atoms with E-state index in [0.717, 1.165) is 25.7 Å². The average Bonchev–Trinajstić information content (AvgIpc) is 2.89. The molecule has 4 rings (SSSR count). The van der Waals surface area contributed by atoms with E-state index in [2.05, 4.69) is 26.8 Å². The number of rotatable bonds is 3. The van der Waals surface area contributed by atoms with Gasteiger partial charge in [-0.2, -0.15) is 0 Å². The van der Waals surface area contributed by atoms with Gasteiger partial charge in [0.1, 0.15) is 6.61 Å². The van der Waals surface area contributed by atoms with Gasteiger partial charge in [0, 0.05) is 25.2 Å². The SMILES string of the molecule is CC(=O)OCC(=O)[C@H]1[C@@H](C)CC2C3CCC4=CC(=O)CC(C)[C@@H]4C3=CC[C@@]21C. The van der Waals surface area contributed by atoms with Crippen LogP contribution in [0.1, 0.15) is 59.8 Å². The molecule has 2 saturated carbocycles. The van der Waals surface area contributed by atoms with Crippen LogP contribution in [0.5, 0.6) is 0 Å². The molecule has 28 heavy (non-hydrogen) atoms. The van der Waals surface area contributed by atoms with Gasteiger partial charge in [-0.25, -0.2) is 0 Å². The summed E-state index contributed by atoms with van der Waals surface area (Å²) < 4.78 is 5.05. The molecular formula is C24H32O4. The van der Waals surface area contributed by atoms with Crippen LogP contribution in [0.2, 0.25) is 0 Å². The molecule has 0 bridgehead atoms. The Labute approximate surface area is 167 Å². The third kappa shape index (κ3) is 3.00. The number of carbonyl (C=O) groups excluding carboxylic acids is 3. The van der Waals surface area contributed by atoms with Crippen LogP contribution >= 0.6 is 0 Å². The van der Waals surface area contributed by atoms with Crippen LogP contribution in [0, 0.1) is 40.9 Å². The zero-order valence-corrected chi connectivity index (χ0v) is 17.5. The summed E-state index contributed by atoms with van der Waals surface area (Å²) in [6.45, 7) is 7.95. The largest absolute Gasteiger partial charge is 0.458 e. The molecule has 4 aliphatic rings. The van der Waals surface area contributed by atoms with Gasteiger partial charge in [-0.3, -0.25) is 14.4 Å². The molecule has 0 N–H and O–H groups in total. The second kappa shape index (κ2) is 6.96. The minimum Gasteiger partial charge on any atom is -0.458 e. The second-order valence-electron chi connectivity index (χ2n) is 9.95. The number of esters is 1. The van der Waals surface area contributed by atoms with Gasteiger partial charge in [0.15, 0.2) is 11.6 Å². The second-order valence-corrected chi connectivity index (χ2v) is 9.95. The lowest BCUT2D eigenvalue weighted by Crippen LogP contribution is -2.44. The van der Waals surface area contributed by atoms with E-state index in [1.54, 1.807) is 5.57 Å². The molecule has 0 aromatic heterocycles. The number of carbonyl (C=O) groups is 3. The van der Waals surface area contributed by atoms with Crippen molar-refractivity contribution in [1.82, 2.24) is 0 Å². The van der Waals surface area contributed by atoms with Crippen LogP contribution in [0.3, 0.4) is 0 Å². The molecule has 152 valence electrons. The van der Waals surface area contributed by atoms with Crippen LogP contribution in [0.15, 0.2) is 23.3 Å². The lowest BCUT2D eigenvalue weighted by Gasteiger charge is -2.50. The average molecular weight is 385 g/mol. The van der Waals surface area contributed by atoms with E-state index in [1.165, 1.54) is 12.5 Å². The van der Waals surface area contributed by atoms with Crippen LogP contribution in [-0.2, 0) is 19.1 Å². The zero-order valence-electron chi connectivity index (χ0n) is 17.5. The first kappa shape index (κ1) is 19.6. The van der Waals surface area contributed by atoms with Crippen LogP contribution in [0.4, 0.5) is 0 Å². The Hall–Kier alpha value is -1.71. The van der Waals surface area contributed by atoms with Gasteiger partial charge in [0.05, 0.1) is 0 Å². The summed E-state index contributed by atoms with van der Waals surface area (Å²) in [5.41, 5.74) is 2.82. The fraction of sp³-hybridized carbons (Fsp3) is 0.708. The van der Waals surface area contributed by atoms with Crippen molar-refractivity contribution in [2.45, 2.75) is 59.8 Å². The number of hydrogen-bond donors (Lipinski definition) is 0. The molecule has 7 atom stereocenters. The normalized spacial score (nSPS) is 41.9. The highest BCUT2D eigenvalue weighted by molar-refractivity contribution is 5.92. The van der Waals surface area contributed by atoms with Gasteiger partial charge < -0.3 is 4.74 Å². The highest BCUT2D eigenvalue weighted by Crippen LogP contribution is 2.63. The van der Waals surface area contributed by atoms with E-state index < -0.39 is 0 Å². The van der Waals surface area contributed by atoms with Crippen LogP contribution in [-0.4, -0.2) is 24.1 Å². The molecule has 0 aromatic carbocycles. The van der Waals surface area contributed by atoms with Gasteiger partial charge in [-0.1, -0.05) is 38.0 Å². The molecule has 4 heteroatoms. The predicted octanol–water partition coefficient (Wildman–Crippen LogP) is 4.29. The number of ether oxygens (including phenoxy) is 1. The molecular weight excluding hydrogens is 352 g/mol. The highest BCUT2D eigenvalue weighted by atomic mass is 16.5. The molecule has 0 amide bonds. The summed E-state index contributed by atoms with van der Waals surface area (Å²) >= 11 is 0. The van der Waals surface area contributed by atoms with Crippen molar-refractivity contribution in [3.63, 3.8) is 0 Å². The Morgan fingerprint density at radius 2 is 2.00 bits per heavy atom. The maximum atomic E-state index is 13.0. The minimum atomic E-state index is -0.390. The van der Waals surface area contributed by atoms with Crippen molar-refractivity contribution >= 4 is 17.5 Å². The van der Waals surface area contributed by atoms with Crippen molar-refractivity contribution in [3.05, 3.63) is 23.3 Å². The Balaban J connectivity index is 1.63. The summed E-state index contributed by atoms with van der Waals surface area (Å²) in [4.78, 5) is 36.1. The molecule has 0 radical (unpaired) electrons. The van der Waals surface area contributed by atoms with Gasteiger partial charge in [-0.15, -0.1) is 0 Å². The number of allylic oxidation sites excluding steroid dienone is 4. The van der Waals surface area contributed by atoms with E-state index in [1.807, 2.05) is 6.08 Å². The molecule has 0 aliphatic heterocycles. The van der Waals surface area contributed by atoms with Crippen molar-refractivity contribution in [1.29, 1.82) is 0 Å². The first-order valence-corrected chi connectivity index (χ1v) is 10.8. The molecule has 0 heterocycles. The summed E-state index contributed by atoms with van der Waals surface area (Å²) in [6.07, 6.45) is 9.05. The first-order chi connectivity index (χ1) is 13.2. The Morgan fingerprint density at radius 1 is 1.25 bits per heavy atom. The van der Waals surface area contributed by atoms with E-state index in [-0.39, 0.29) is 35.5 Å². The molecule has 3 unspecified atom stereocenters. The van der Waals surface area contributed by atoms with Gasteiger partial charge in [0.2, 0.25) is 0 Å². The quantitative estimate of drug-likeness (QED) is 0.538. The van der Waals surface area contributed by atoms with Gasteiger partial charge >= 0.3 is 5.97 Å². The smallest absolute Gasteiger partial charge is 0.303 e. The summed E-state index contributed by atoms with van der Waals surface area (Å²) in [7, 11) is 0. The summed E-state index contributed by atoms with van der Waals surface area (Å²) in [5.74, 6) is 2.06. The number of Topliss-reactive ketones (excluding diaryl/α,β-unsaturated/α-hetero) is 1. The topological polar surface area (TPSA) is 60.4 Å². The van der Waals surface area contributed by atoms with Crippen LogP contribution in [0.25, 0.3) is 0 Å². The molecule has 4 nitrogen and oxygen atoms in total.